The van der Waals surface area contributed by atoms with Gasteiger partial charge in [-0.3, -0.25) is 9.59 Å². The minimum absolute atomic E-state index is 0.0194. The standard InChI is InChI=1S/C21H24N2O4/c1-21(2,3)15-10-8-14(9-11-15)18(24)22-12-13-23-19(25)16-6-4-5-7-17(16)20(26)27/h4-11H,12-13H2,1-3H3,(H,22,24)(H,23,25)(H,26,27). The van der Waals surface area contributed by atoms with Gasteiger partial charge in [-0.2, -0.15) is 0 Å². The zero-order valence-corrected chi connectivity index (χ0v) is 15.7. The summed E-state index contributed by atoms with van der Waals surface area (Å²) in [6, 6.07) is 13.4. The molecule has 6 heteroatoms. The topological polar surface area (TPSA) is 95.5 Å². The van der Waals surface area contributed by atoms with Crippen LogP contribution >= 0.6 is 0 Å². The van der Waals surface area contributed by atoms with Crippen LogP contribution < -0.4 is 10.6 Å². The second-order valence-corrected chi connectivity index (χ2v) is 7.19. The monoisotopic (exact) mass is 368 g/mol. The van der Waals surface area contributed by atoms with Crippen LogP contribution in [0.4, 0.5) is 0 Å². The number of rotatable bonds is 6. The Labute approximate surface area is 158 Å². The van der Waals surface area contributed by atoms with E-state index in [9.17, 15) is 14.4 Å². The predicted molar refractivity (Wildman–Crippen MR) is 103 cm³/mol. The molecule has 0 radical (unpaired) electrons. The highest BCUT2D eigenvalue weighted by atomic mass is 16.4. The molecule has 0 saturated carbocycles. The van der Waals surface area contributed by atoms with Crippen molar-refractivity contribution in [3.8, 4) is 0 Å². The Kier molecular flexibility index (Phi) is 6.34. The molecule has 0 aromatic heterocycles. The van der Waals surface area contributed by atoms with E-state index in [-0.39, 0.29) is 35.5 Å². The fourth-order valence-electron chi connectivity index (χ4n) is 2.54. The van der Waals surface area contributed by atoms with E-state index in [1.807, 2.05) is 12.1 Å². The third-order valence-electron chi connectivity index (χ3n) is 4.11. The number of carboxylic acid groups (broad SMARTS) is 1. The highest BCUT2D eigenvalue weighted by molar-refractivity contribution is 6.04. The van der Waals surface area contributed by atoms with Crippen molar-refractivity contribution >= 4 is 17.8 Å². The Balaban J connectivity index is 1.85. The van der Waals surface area contributed by atoms with Crippen molar-refractivity contribution in [2.24, 2.45) is 0 Å². The van der Waals surface area contributed by atoms with E-state index in [0.29, 0.717) is 5.56 Å². The molecule has 2 aromatic carbocycles. The van der Waals surface area contributed by atoms with Gasteiger partial charge in [-0.1, -0.05) is 45.0 Å². The molecule has 2 amide bonds. The average molecular weight is 368 g/mol. The summed E-state index contributed by atoms with van der Waals surface area (Å²) in [6.07, 6.45) is 0. The summed E-state index contributed by atoms with van der Waals surface area (Å²) in [4.78, 5) is 35.4. The van der Waals surface area contributed by atoms with Crippen LogP contribution in [0.3, 0.4) is 0 Å². The van der Waals surface area contributed by atoms with Gasteiger partial charge in [0.05, 0.1) is 11.1 Å². The normalized spacial score (nSPS) is 10.9. The number of amides is 2. The Morgan fingerprint density at radius 2 is 1.33 bits per heavy atom. The molecular formula is C21H24N2O4. The van der Waals surface area contributed by atoms with E-state index in [2.05, 4.69) is 31.4 Å². The third-order valence-corrected chi connectivity index (χ3v) is 4.11. The van der Waals surface area contributed by atoms with E-state index in [1.54, 1.807) is 24.3 Å². The number of nitrogens with one attached hydrogen (secondary N) is 2. The lowest BCUT2D eigenvalue weighted by molar-refractivity contribution is 0.0691. The van der Waals surface area contributed by atoms with Crippen molar-refractivity contribution in [1.82, 2.24) is 10.6 Å². The molecule has 27 heavy (non-hydrogen) atoms. The fraction of sp³-hybridized carbons (Fsp3) is 0.286. The van der Waals surface area contributed by atoms with Gasteiger partial charge in [-0.25, -0.2) is 4.79 Å². The van der Waals surface area contributed by atoms with Crippen molar-refractivity contribution in [1.29, 1.82) is 0 Å². The number of aromatic carboxylic acids is 1. The molecule has 0 bridgehead atoms. The molecular weight excluding hydrogens is 344 g/mol. The Hall–Kier alpha value is -3.15. The molecule has 6 nitrogen and oxygen atoms in total. The maximum absolute atomic E-state index is 12.2. The van der Waals surface area contributed by atoms with Gasteiger partial charge < -0.3 is 15.7 Å². The van der Waals surface area contributed by atoms with Crippen LogP contribution in [0.1, 0.15) is 57.4 Å². The molecule has 3 N–H and O–H groups in total. The highest BCUT2D eigenvalue weighted by Crippen LogP contribution is 2.22. The lowest BCUT2D eigenvalue weighted by atomic mass is 9.87. The lowest BCUT2D eigenvalue weighted by Gasteiger charge is -2.19. The molecule has 0 fully saturated rings. The third kappa shape index (κ3) is 5.41. The SMILES string of the molecule is CC(C)(C)c1ccc(C(=O)NCCNC(=O)c2ccccc2C(=O)O)cc1. The number of hydrogen-bond acceptors (Lipinski definition) is 3. The van der Waals surface area contributed by atoms with Crippen LogP contribution in [0.15, 0.2) is 48.5 Å². The van der Waals surface area contributed by atoms with Crippen LogP contribution in [-0.2, 0) is 5.41 Å². The molecule has 0 aliphatic heterocycles. The first kappa shape index (κ1) is 20.2. The molecule has 0 aliphatic rings. The first-order chi connectivity index (χ1) is 12.7. The van der Waals surface area contributed by atoms with E-state index in [4.69, 9.17) is 5.11 Å². The van der Waals surface area contributed by atoms with E-state index >= 15 is 0 Å². The zero-order valence-electron chi connectivity index (χ0n) is 15.7. The van der Waals surface area contributed by atoms with Crippen LogP contribution in [0.25, 0.3) is 0 Å². The van der Waals surface area contributed by atoms with E-state index in [1.165, 1.54) is 12.1 Å². The lowest BCUT2D eigenvalue weighted by Crippen LogP contribution is -2.35. The number of carboxylic acids is 1. The van der Waals surface area contributed by atoms with Gasteiger partial charge >= 0.3 is 5.97 Å². The second kappa shape index (κ2) is 8.49. The van der Waals surface area contributed by atoms with Gasteiger partial charge in [0.15, 0.2) is 0 Å². The smallest absolute Gasteiger partial charge is 0.336 e. The first-order valence-corrected chi connectivity index (χ1v) is 8.69. The van der Waals surface area contributed by atoms with E-state index in [0.717, 1.165) is 5.56 Å². The summed E-state index contributed by atoms with van der Waals surface area (Å²) in [5.74, 6) is -1.87. The summed E-state index contributed by atoms with van der Waals surface area (Å²) in [5.41, 5.74) is 1.74. The quantitative estimate of drug-likeness (QED) is 0.683. The molecule has 142 valence electrons. The van der Waals surface area contributed by atoms with Crippen molar-refractivity contribution in [3.05, 3.63) is 70.8 Å². The maximum atomic E-state index is 12.2. The fourth-order valence-corrected chi connectivity index (χ4v) is 2.54. The Bertz CT molecular complexity index is 836. The highest BCUT2D eigenvalue weighted by Gasteiger charge is 2.16. The summed E-state index contributed by atoms with van der Waals surface area (Å²) in [7, 11) is 0. The first-order valence-electron chi connectivity index (χ1n) is 8.69. The average Bonchev–Trinajstić information content (AvgIpc) is 2.64. The molecule has 0 spiro atoms. The van der Waals surface area contributed by atoms with E-state index < -0.39 is 11.9 Å². The summed E-state index contributed by atoms with van der Waals surface area (Å²) >= 11 is 0. The number of benzene rings is 2. The molecule has 0 saturated heterocycles. The minimum Gasteiger partial charge on any atom is -0.478 e. The van der Waals surface area contributed by atoms with Gasteiger partial charge in [0, 0.05) is 18.7 Å². The molecule has 0 atom stereocenters. The van der Waals surface area contributed by atoms with Gasteiger partial charge in [-0.15, -0.1) is 0 Å². The van der Waals surface area contributed by atoms with Crippen LogP contribution in [-0.4, -0.2) is 36.0 Å². The van der Waals surface area contributed by atoms with Gasteiger partial charge in [-0.05, 0) is 35.2 Å². The molecule has 2 aromatic rings. The molecule has 0 unspecified atom stereocenters. The van der Waals surface area contributed by atoms with Crippen LogP contribution in [0.5, 0.6) is 0 Å². The molecule has 0 heterocycles. The summed E-state index contributed by atoms with van der Waals surface area (Å²) in [6.45, 7) is 6.74. The Morgan fingerprint density at radius 3 is 1.85 bits per heavy atom. The van der Waals surface area contributed by atoms with Gasteiger partial charge in [0.1, 0.15) is 0 Å². The Morgan fingerprint density at radius 1 is 0.815 bits per heavy atom. The summed E-state index contributed by atoms with van der Waals surface area (Å²) in [5, 5.41) is 14.5. The van der Waals surface area contributed by atoms with Gasteiger partial charge in [0.25, 0.3) is 11.8 Å². The van der Waals surface area contributed by atoms with Gasteiger partial charge in [0.2, 0.25) is 0 Å². The van der Waals surface area contributed by atoms with Crippen molar-refractivity contribution in [2.45, 2.75) is 26.2 Å². The molecule has 0 aliphatic carbocycles. The number of carbonyl (C=O) groups is 3. The van der Waals surface area contributed by atoms with Crippen LogP contribution in [0, 0.1) is 0 Å². The second-order valence-electron chi connectivity index (χ2n) is 7.19. The largest absolute Gasteiger partial charge is 0.478 e. The van der Waals surface area contributed by atoms with Crippen molar-refractivity contribution in [3.63, 3.8) is 0 Å². The zero-order chi connectivity index (χ0) is 20.0. The molecule has 2 rings (SSSR count). The number of carbonyl (C=O) groups excluding carboxylic acids is 2. The number of hydrogen-bond donors (Lipinski definition) is 3. The van der Waals surface area contributed by atoms with Crippen molar-refractivity contribution in [2.75, 3.05) is 13.1 Å². The minimum atomic E-state index is -1.16. The van der Waals surface area contributed by atoms with Crippen LogP contribution in [0.2, 0.25) is 0 Å². The predicted octanol–water partition coefficient (Wildman–Crippen LogP) is 2.84. The summed E-state index contributed by atoms with van der Waals surface area (Å²) < 4.78 is 0. The van der Waals surface area contributed by atoms with Crippen molar-refractivity contribution < 1.29 is 19.5 Å². The maximum Gasteiger partial charge on any atom is 0.336 e.